The normalized spacial score (nSPS) is 15.9. The van der Waals surface area contributed by atoms with E-state index in [0.717, 1.165) is 51.4 Å². The third-order valence-corrected chi connectivity index (χ3v) is 6.53. The topological polar surface area (TPSA) is 101 Å². The maximum absolute atomic E-state index is 13.2. The highest BCUT2D eigenvalue weighted by Gasteiger charge is 2.55. The third kappa shape index (κ3) is 9.33. The Hall–Kier alpha value is -1.85. The largest absolute Gasteiger partial charge is 0.481 e. The average molecular weight is 455 g/mol. The summed E-state index contributed by atoms with van der Waals surface area (Å²) in [5.41, 5.74) is -1.90. The van der Waals surface area contributed by atoms with Crippen molar-refractivity contribution in [1.29, 1.82) is 0 Å². The zero-order chi connectivity index (χ0) is 24.6. The van der Waals surface area contributed by atoms with Gasteiger partial charge in [-0.15, -0.1) is 6.58 Å². The summed E-state index contributed by atoms with van der Waals surface area (Å²) >= 11 is 0. The molecule has 0 radical (unpaired) electrons. The van der Waals surface area contributed by atoms with Gasteiger partial charge in [0, 0.05) is 0 Å². The molecular weight excluding hydrogens is 408 g/mol. The number of esters is 1. The van der Waals surface area contributed by atoms with Crippen LogP contribution in [0.2, 0.25) is 0 Å². The summed E-state index contributed by atoms with van der Waals surface area (Å²) in [5, 5.41) is 20.3. The van der Waals surface area contributed by atoms with E-state index in [-0.39, 0.29) is 18.9 Å². The van der Waals surface area contributed by atoms with Crippen molar-refractivity contribution in [3.05, 3.63) is 12.7 Å². The molecule has 0 aromatic carbocycles. The first-order chi connectivity index (χ1) is 15.2. The molecule has 0 bridgehead atoms. The highest BCUT2D eigenvalue weighted by atomic mass is 16.5. The van der Waals surface area contributed by atoms with Gasteiger partial charge in [0.2, 0.25) is 0 Å². The molecule has 0 aromatic rings. The van der Waals surface area contributed by atoms with Crippen LogP contribution in [0, 0.1) is 17.3 Å². The molecule has 6 nitrogen and oxygen atoms in total. The van der Waals surface area contributed by atoms with E-state index in [4.69, 9.17) is 4.74 Å². The molecule has 0 aromatic heterocycles. The van der Waals surface area contributed by atoms with Crippen LogP contribution in [0.4, 0.5) is 0 Å². The Bertz CT molecular complexity index is 573. The van der Waals surface area contributed by atoms with Crippen LogP contribution >= 0.6 is 0 Å². The number of carboxylic acid groups (broad SMARTS) is 2. The molecule has 0 aliphatic rings. The predicted molar refractivity (Wildman–Crippen MR) is 127 cm³/mol. The summed E-state index contributed by atoms with van der Waals surface area (Å²) in [5.74, 6) is -5.45. The fraction of sp³-hybridized carbons (Fsp3) is 0.808. The van der Waals surface area contributed by atoms with Gasteiger partial charge in [-0.25, -0.2) is 0 Å². The molecule has 2 N–H and O–H groups in total. The minimum absolute atomic E-state index is 0.195. The van der Waals surface area contributed by atoms with Crippen molar-refractivity contribution in [1.82, 2.24) is 0 Å². The third-order valence-electron chi connectivity index (χ3n) is 6.53. The highest BCUT2D eigenvalue weighted by molar-refractivity contribution is 5.91. The van der Waals surface area contributed by atoms with E-state index in [0.29, 0.717) is 19.3 Å². The van der Waals surface area contributed by atoms with Gasteiger partial charge in [0.15, 0.2) is 0 Å². The fourth-order valence-electron chi connectivity index (χ4n) is 4.30. The van der Waals surface area contributed by atoms with Crippen LogP contribution in [0.3, 0.4) is 0 Å². The van der Waals surface area contributed by atoms with Gasteiger partial charge in [-0.05, 0) is 26.2 Å². The second kappa shape index (κ2) is 16.7. The van der Waals surface area contributed by atoms with E-state index in [2.05, 4.69) is 20.4 Å². The summed E-state index contributed by atoms with van der Waals surface area (Å²) in [6, 6.07) is 0. The minimum Gasteiger partial charge on any atom is -0.481 e. The van der Waals surface area contributed by atoms with Crippen molar-refractivity contribution < 1.29 is 29.3 Å². The van der Waals surface area contributed by atoms with Crippen molar-refractivity contribution in [2.45, 2.75) is 117 Å². The summed E-state index contributed by atoms with van der Waals surface area (Å²) in [7, 11) is 0. The number of unbranched alkanes of at least 4 members (excludes halogenated alkanes) is 8. The Labute approximate surface area is 194 Å². The number of rotatable bonds is 20. The second-order valence-electron chi connectivity index (χ2n) is 8.95. The fourth-order valence-corrected chi connectivity index (χ4v) is 4.30. The lowest BCUT2D eigenvalue weighted by atomic mass is 9.63. The Balaban J connectivity index is 5.94. The molecule has 0 aliphatic carbocycles. The van der Waals surface area contributed by atoms with E-state index in [1.165, 1.54) is 6.08 Å². The Morgan fingerprint density at radius 2 is 1.31 bits per heavy atom. The van der Waals surface area contributed by atoms with Crippen molar-refractivity contribution >= 4 is 17.9 Å². The summed E-state index contributed by atoms with van der Waals surface area (Å²) < 4.78 is 5.54. The number of carbonyl (C=O) groups excluding carboxylic acids is 1. The van der Waals surface area contributed by atoms with E-state index >= 15 is 0 Å². The zero-order valence-corrected chi connectivity index (χ0v) is 20.7. The van der Waals surface area contributed by atoms with Crippen molar-refractivity contribution in [3.63, 3.8) is 0 Å². The van der Waals surface area contributed by atoms with Gasteiger partial charge in [0.25, 0.3) is 0 Å². The number of aliphatic carboxylic acids is 2. The van der Waals surface area contributed by atoms with Crippen LogP contribution in [0.5, 0.6) is 0 Å². The van der Waals surface area contributed by atoms with Crippen molar-refractivity contribution in [2.24, 2.45) is 17.3 Å². The lowest BCUT2D eigenvalue weighted by Crippen LogP contribution is -2.50. The lowest BCUT2D eigenvalue weighted by molar-refractivity contribution is -0.174. The van der Waals surface area contributed by atoms with Gasteiger partial charge in [0.1, 0.15) is 5.41 Å². The van der Waals surface area contributed by atoms with Gasteiger partial charge < -0.3 is 14.9 Å². The van der Waals surface area contributed by atoms with Crippen LogP contribution in [-0.4, -0.2) is 34.2 Å². The first-order valence-electron chi connectivity index (χ1n) is 12.5. The van der Waals surface area contributed by atoms with Crippen LogP contribution in [0.15, 0.2) is 12.7 Å². The predicted octanol–water partition coefficient (Wildman–Crippen LogP) is 6.62. The molecule has 32 heavy (non-hydrogen) atoms. The molecule has 0 spiro atoms. The number of hydrogen-bond donors (Lipinski definition) is 2. The van der Waals surface area contributed by atoms with Gasteiger partial charge in [-0.3, -0.25) is 14.4 Å². The Morgan fingerprint density at radius 3 is 1.69 bits per heavy atom. The molecular formula is C26H46O6. The van der Waals surface area contributed by atoms with Gasteiger partial charge in [-0.1, -0.05) is 91.1 Å². The molecule has 4 unspecified atom stereocenters. The zero-order valence-electron chi connectivity index (χ0n) is 20.7. The number of carboxylic acids is 2. The smallest absolute Gasteiger partial charge is 0.315 e. The molecule has 0 aliphatic heterocycles. The Kier molecular flexibility index (Phi) is 15.8. The molecule has 4 atom stereocenters. The van der Waals surface area contributed by atoms with Crippen LogP contribution in [0.1, 0.15) is 111 Å². The van der Waals surface area contributed by atoms with E-state index in [1.807, 2.05) is 6.92 Å². The SMILES string of the molecule is C=CC(C(=O)O)(C(CCCCCCC)C(=O)O)C(CCCCCCC)C(=O)OC(C)CC. The quantitative estimate of drug-likeness (QED) is 0.122. The Morgan fingerprint density at radius 1 is 0.844 bits per heavy atom. The van der Waals surface area contributed by atoms with E-state index in [9.17, 15) is 24.6 Å². The summed E-state index contributed by atoms with van der Waals surface area (Å²) in [6.45, 7) is 11.6. The summed E-state index contributed by atoms with van der Waals surface area (Å²) in [6.07, 6.45) is 11.1. The molecule has 0 saturated heterocycles. The van der Waals surface area contributed by atoms with Gasteiger partial charge in [0.05, 0.1) is 17.9 Å². The lowest BCUT2D eigenvalue weighted by Gasteiger charge is -2.38. The molecule has 6 heteroatoms. The second-order valence-corrected chi connectivity index (χ2v) is 8.95. The van der Waals surface area contributed by atoms with Gasteiger partial charge in [-0.2, -0.15) is 0 Å². The number of carbonyl (C=O) groups is 3. The standard InChI is InChI=1S/C26H46O6/c1-6-10-12-14-16-18-21(23(27)28)26(9-4,25(30)31)22(19-17-15-13-11-7-2)24(29)32-20(5)8-3/h9,20-22H,4,6-8,10-19H2,1-3,5H3,(H,27,28)(H,30,31). The number of hydrogen-bond acceptors (Lipinski definition) is 4. The van der Waals surface area contributed by atoms with Gasteiger partial charge >= 0.3 is 17.9 Å². The first kappa shape index (κ1) is 30.1. The van der Waals surface area contributed by atoms with E-state index < -0.39 is 35.2 Å². The van der Waals surface area contributed by atoms with Crippen molar-refractivity contribution in [3.8, 4) is 0 Å². The maximum Gasteiger partial charge on any atom is 0.315 e. The molecule has 0 heterocycles. The highest BCUT2D eigenvalue weighted by Crippen LogP contribution is 2.44. The molecule has 0 rings (SSSR count). The maximum atomic E-state index is 13.2. The monoisotopic (exact) mass is 454 g/mol. The molecule has 0 amide bonds. The summed E-state index contributed by atoms with van der Waals surface area (Å²) in [4.78, 5) is 38.1. The van der Waals surface area contributed by atoms with Crippen LogP contribution in [0.25, 0.3) is 0 Å². The number of ether oxygens (including phenoxy) is 1. The molecule has 0 saturated carbocycles. The van der Waals surface area contributed by atoms with Crippen molar-refractivity contribution in [2.75, 3.05) is 0 Å². The van der Waals surface area contributed by atoms with Crippen LogP contribution in [-0.2, 0) is 19.1 Å². The molecule has 0 fully saturated rings. The average Bonchev–Trinajstić information content (AvgIpc) is 2.75. The van der Waals surface area contributed by atoms with Crippen LogP contribution < -0.4 is 0 Å². The molecule has 186 valence electrons. The van der Waals surface area contributed by atoms with E-state index in [1.54, 1.807) is 6.92 Å². The first-order valence-corrected chi connectivity index (χ1v) is 12.5. The minimum atomic E-state index is -1.90.